The zero-order valence-corrected chi connectivity index (χ0v) is 10.3. The Labute approximate surface area is 108 Å². The maximum absolute atomic E-state index is 6.11. The normalized spacial score (nSPS) is 10.4. The second-order valence-electron chi connectivity index (χ2n) is 3.18. The Bertz CT molecular complexity index is 541. The number of halogens is 3. The molecule has 0 spiro atoms. The van der Waals surface area contributed by atoms with E-state index >= 15 is 0 Å². The number of nitrogens with zero attached hydrogens (tertiary/aromatic N) is 1. The van der Waals surface area contributed by atoms with Crippen LogP contribution in [0.2, 0.25) is 15.1 Å². The fraction of sp³-hybridized carbons (Fsp3) is 0. The lowest BCUT2D eigenvalue weighted by Gasteiger charge is -2.10. The fourth-order valence-corrected chi connectivity index (χ4v) is 2.12. The quantitative estimate of drug-likeness (QED) is 0.787. The van der Waals surface area contributed by atoms with Crippen molar-refractivity contribution in [2.45, 2.75) is 0 Å². The van der Waals surface area contributed by atoms with E-state index in [9.17, 15) is 0 Å². The second-order valence-corrected chi connectivity index (χ2v) is 4.37. The van der Waals surface area contributed by atoms with Crippen LogP contribution in [0.15, 0.2) is 30.6 Å². The Morgan fingerprint density at radius 2 is 1.69 bits per heavy atom. The van der Waals surface area contributed by atoms with Crippen molar-refractivity contribution in [2.75, 3.05) is 5.73 Å². The number of nitrogen functional groups attached to an aromatic ring is 1. The highest BCUT2D eigenvalue weighted by Gasteiger charge is 2.13. The van der Waals surface area contributed by atoms with E-state index in [-0.39, 0.29) is 0 Å². The van der Waals surface area contributed by atoms with E-state index in [1.807, 2.05) is 0 Å². The van der Waals surface area contributed by atoms with Crippen LogP contribution in [0.5, 0.6) is 0 Å². The van der Waals surface area contributed by atoms with Crippen LogP contribution in [0.4, 0.5) is 5.69 Å². The maximum atomic E-state index is 6.11. The number of pyridine rings is 1. The monoisotopic (exact) mass is 272 g/mol. The molecule has 82 valence electrons. The van der Waals surface area contributed by atoms with Crippen molar-refractivity contribution >= 4 is 40.5 Å². The average molecular weight is 274 g/mol. The van der Waals surface area contributed by atoms with Crippen LogP contribution in [0.25, 0.3) is 11.1 Å². The highest BCUT2D eigenvalue weighted by molar-refractivity contribution is 6.46. The molecule has 0 atom stereocenters. The molecule has 2 aromatic rings. The van der Waals surface area contributed by atoms with Gasteiger partial charge in [-0.05, 0) is 18.2 Å². The van der Waals surface area contributed by atoms with Crippen molar-refractivity contribution in [2.24, 2.45) is 0 Å². The summed E-state index contributed by atoms with van der Waals surface area (Å²) in [6, 6.07) is 5.00. The van der Waals surface area contributed by atoms with Crippen molar-refractivity contribution < 1.29 is 0 Å². The van der Waals surface area contributed by atoms with Gasteiger partial charge in [0.15, 0.2) is 0 Å². The van der Waals surface area contributed by atoms with Gasteiger partial charge in [0, 0.05) is 29.2 Å². The average Bonchev–Trinajstić information content (AvgIpc) is 2.27. The third kappa shape index (κ3) is 1.96. The maximum Gasteiger partial charge on any atom is 0.0686 e. The zero-order valence-electron chi connectivity index (χ0n) is 8.05. The lowest BCUT2D eigenvalue weighted by molar-refractivity contribution is 1.33. The van der Waals surface area contributed by atoms with Crippen molar-refractivity contribution in [3.63, 3.8) is 0 Å². The number of nitrogens with two attached hydrogens (primary N) is 1. The van der Waals surface area contributed by atoms with Gasteiger partial charge in [0.2, 0.25) is 0 Å². The molecule has 0 radical (unpaired) electrons. The van der Waals surface area contributed by atoms with Crippen LogP contribution in [-0.4, -0.2) is 4.98 Å². The number of hydrogen-bond donors (Lipinski definition) is 1. The first-order valence-corrected chi connectivity index (χ1v) is 5.58. The van der Waals surface area contributed by atoms with Gasteiger partial charge in [0.25, 0.3) is 0 Å². The molecule has 1 heterocycles. The van der Waals surface area contributed by atoms with E-state index in [0.717, 1.165) is 0 Å². The van der Waals surface area contributed by atoms with Crippen LogP contribution < -0.4 is 5.73 Å². The summed E-state index contributed by atoms with van der Waals surface area (Å²) in [7, 11) is 0. The van der Waals surface area contributed by atoms with Gasteiger partial charge in [0.1, 0.15) is 0 Å². The highest BCUT2D eigenvalue weighted by Crippen LogP contribution is 2.40. The standard InChI is InChI=1S/C11H7Cl3N2/c12-7-1-2-8(13)11(14)10(7)6-5-16-4-3-9(6)15/h1-5H,(H2,15,16). The lowest BCUT2D eigenvalue weighted by atomic mass is 10.1. The molecule has 2 rings (SSSR count). The summed E-state index contributed by atoms with van der Waals surface area (Å²) < 4.78 is 0. The minimum atomic E-state index is 0.383. The first-order chi connectivity index (χ1) is 7.61. The minimum absolute atomic E-state index is 0.383. The largest absolute Gasteiger partial charge is 0.398 e. The molecule has 16 heavy (non-hydrogen) atoms. The molecule has 0 unspecified atom stereocenters. The Hall–Kier alpha value is -0.960. The molecular weight excluding hydrogens is 266 g/mol. The molecule has 0 amide bonds. The number of rotatable bonds is 1. The van der Waals surface area contributed by atoms with E-state index in [1.165, 1.54) is 0 Å². The van der Waals surface area contributed by atoms with E-state index < -0.39 is 0 Å². The Morgan fingerprint density at radius 1 is 1.00 bits per heavy atom. The third-order valence-electron chi connectivity index (χ3n) is 2.17. The van der Waals surface area contributed by atoms with Crippen molar-refractivity contribution in [3.8, 4) is 11.1 Å². The molecule has 0 aliphatic carbocycles. The van der Waals surface area contributed by atoms with Gasteiger partial charge in [-0.2, -0.15) is 0 Å². The van der Waals surface area contributed by atoms with Crippen molar-refractivity contribution in [1.29, 1.82) is 0 Å². The van der Waals surface area contributed by atoms with Crippen LogP contribution in [-0.2, 0) is 0 Å². The van der Waals surface area contributed by atoms with Crippen LogP contribution in [0.3, 0.4) is 0 Å². The SMILES string of the molecule is Nc1ccncc1-c1c(Cl)ccc(Cl)c1Cl. The van der Waals surface area contributed by atoms with Gasteiger partial charge >= 0.3 is 0 Å². The minimum Gasteiger partial charge on any atom is -0.398 e. The Balaban J connectivity index is 2.74. The first kappa shape index (κ1) is 11.5. The molecule has 0 fully saturated rings. The number of benzene rings is 1. The summed E-state index contributed by atoms with van der Waals surface area (Å²) >= 11 is 18.1. The van der Waals surface area contributed by atoms with Gasteiger partial charge in [-0.3, -0.25) is 4.98 Å². The molecule has 0 bridgehead atoms. The van der Waals surface area contributed by atoms with E-state index in [4.69, 9.17) is 40.5 Å². The lowest BCUT2D eigenvalue weighted by Crippen LogP contribution is -1.92. The molecule has 0 saturated carbocycles. The second kappa shape index (κ2) is 4.50. The van der Waals surface area contributed by atoms with E-state index in [0.29, 0.717) is 31.9 Å². The molecule has 1 aromatic carbocycles. The van der Waals surface area contributed by atoms with E-state index in [1.54, 1.807) is 30.6 Å². The van der Waals surface area contributed by atoms with Gasteiger partial charge in [-0.25, -0.2) is 0 Å². The molecule has 5 heteroatoms. The summed E-state index contributed by atoms with van der Waals surface area (Å²) in [6.07, 6.45) is 3.21. The molecule has 2 N–H and O–H groups in total. The summed E-state index contributed by atoms with van der Waals surface area (Å²) in [4.78, 5) is 3.99. The Morgan fingerprint density at radius 3 is 2.38 bits per heavy atom. The number of anilines is 1. The van der Waals surface area contributed by atoms with E-state index in [2.05, 4.69) is 4.98 Å². The van der Waals surface area contributed by atoms with Gasteiger partial charge in [0.05, 0.1) is 15.1 Å². The first-order valence-electron chi connectivity index (χ1n) is 4.44. The predicted octanol–water partition coefficient (Wildman–Crippen LogP) is 4.29. The zero-order chi connectivity index (χ0) is 11.7. The summed E-state index contributed by atoms with van der Waals surface area (Å²) in [5.41, 5.74) is 7.69. The molecule has 0 aliphatic rings. The molecule has 0 saturated heterocycles. The third-order valence-corrected chi connectivity index (χ3v) is 3.29. The number of aromatic nitrogens is 1. The van der Waals surface area contributed by atoms with Crippen LogP contribution in [0, 0.1) is 0 Å². The van der Waals surface area contributed by atoms with Crippen LogP contribution >= 0.6 is 34.8 Å². The van der Waals surface area contributed by atoms with Gasteiger partial charge < -0.3 is 5.73 Å². The number of hydrogen-bond acceptors (Lipinski definition) is 2. The smallest absolute Gasteiger partial charge is 0.0686 e. The molecule has 1 aromatic heterocycles. The van der Waals surface area contributed by atoms with Crippen LogP contribution in [0.1, 0.15) is 0 Å². The Kier molecular flexibility index (Phi) is 3.24. The molecule has 0 aliphatic heterocycles. The van der Waals surface area contributed by atoms with Crippen molar-refractivity contribution in [1.82, 2.24) is 4.98 Å². The predicted molar refractivity (Wildman–Crippen MR) is 69.1 cm³/mol. The van der Waals surface area contributed by atoms with Gasteiger partial charge in [-0.15, -0.1) is 0 Å². The fourth-order valence-electron chi connectivity index (χ4n) is 1.39. The molecule has 2 nitrogen and oxygen atoms in total. The highest BCUT2D eigenvalue weighted by atomic mass is 35.5. The topological polar surface area (TPSA) is 38.9 Å². The summed E-state index contributed by atoms with van der Waals surface area (Å²) in [5, 5.41) is 1.31. The van der Waals surface area contributed by atoms with Crippen molar-refractivity contribution in [3.05, 3.63) is 45.7 Å². The molecular formula is C11H7Cl3N2. The summed E-state index contributed by atoms with van der Waals surface area (Å²) in [6.45, 7) is 0. The van der Waals surface area contributed by atoms with Gasteiger partial charge in [-0.1, -0.05) is 34.8 Å². The summed E-state index contributed by atoms with van der Waals surface area (Å²) in [5.74, 6) is 0.